The number of hydrogen-bond donors (Lipinski definition) is 1. The van der Waals surface area contributed by atoms with Crippen LogP contribution in [0.3, 0.4) is 0 Å². The summed E-state index contributed by atoms with van der Waals surface area (Å²) in [6, 6.07) is 28.5. The fourth-order valence-corrected chi connectivity index (χ4v) is 3.66. The molecular formula is C24H16N2O2. The molecule has 4 nitrogen and oxygen atoms in total. The van der Waals surface area contributed by atoms with E-state index in [4.69, 9.17) is 0 Å². The van der Waals surface area contributed by atoms with Gasteiger partial charge in [-0.15, -0.1) is 4.40 Å². The molecule has 0 saturated carbocycles. The fraction of sp³-hybridized carbons (Fsp3) is 0. The van der Waals surface area contributed by atoms with E-state index in [1.54, 1.807) is 16.5 Å². The van der Waals surface area contributed by atoms with E-state index >= 15 is 0 Å². The molecule has 0 amide bonds. The third kappa shape index (κ3) is 2.55. The molecule has 0 spiro atoms. The highest BCUT2D eigenvalue weighted by atomic mass is 16.3. The Labute approximate surface area is 161 Å². The molecule has 1 N–H and O–H groups in total. The zero-order valence-corrected chi connectivity index (χ0v) is 14.9. The predicted molar refractivity (Wildman–Crippen MR) is 108 cm³/mol. The SMILES string of the molecule is O=c1[nH]c2cccc([O-])c2[n+]2c(-c3ccccc3)cc(-c3ccccc3)cc12. The van der Waals surface area contributed by atoms with Gasteiger partial charge in [0.25, 0.3) is 5.52 Å². The number of aromatic amines is 1. The van der Waals surface area contributed by atoms with E-state index in [0.717, 1.165) is 22.4 Å². The van der Waals surface area contributed by atoms with Crippen LogP contribution in [0.25, 0.3) is 38.9 Å². The van der Waals surface area contributed by atoms with E-state index in [1.165, 1.54) is 6.07 Å². The van der Waals surface area contributed by atoms with Crippen molar-refractivity contribution in [3.63, 3.8) is 0 Å². The lowest BCUT2D eigenvalue weighted by atomic mass is 10.0. The molecule has 0 aliphatic heterocycles. The molecule has 28 heavy (non-hydrogen) atoms. The highest BCUT2D eigenvalue weighted by Crippen LogP contribution is 2.27. The van der Waals surface area contributed by atoms with Gasteiger partial charge in [0, 0.05) is 17.7 Å². The smallest absolute Gasteiger partial charge is 0.321 e. The molecule has 5 rings (SSSR count). The lowest BCUT2D eigenvalue weighted by molar-refractivity contribution is -0.474. The average molecular weight is 364 g/mol. The van der Waals surface area contributed by atoms with Gasteiger partial charge in [0.2, 0.25) is 11.2 Å². The number of aromatic nitrogens is 2. The fourth-order valence-electron chi connectivity index (χ4n) is 3.66. The van der Waals surface area contributed by atoms with Gasteiger partial charge in [-0.05, 0) is 35.1 Å². The van der Waals surface area contributed by atoms with Crippen LogP contribution in [0.4, 0.5) is 0 Å². The Morgan fingerprint density at radius 1 is 0.714 bits per heavy atom. The molecule has 2 heterocycles. The number of para-hydroxylation sites is 1. The van der Waals surface area contributed by atoms with Gasteiger partial charge in [0.1, 0.15) is 5.52 Å². The first kappa shape index (κ1) is 16.3. The molecule has 5 aromatic rings. The quantitative estimate of drug-likeness (QED) is 0.384. The monoisotopic (exact) mass is 364 g/mol. The van der Waals surface area contributed by atoms with Gasteiger partial charge in [0.15, 0.2) is 0 Å². The van der Waals surface area contributed by atoms with Crippen LogP contribution in [0.15, 0.2) is 95.8 Å². The van der Waals surface area contributed by atoms with Crippen LogP contribution in [0, 0.1) is 0 Å². The average Bonchev–Trinajstić information content (AvgIpc) is 2.74. The van der Waals surface area contributed by atoms with E-state index in [2.05, 4.69) is 4.98 Å². The van der Waals surface area contributed by atoms with Gasteiger partial charge in [0.05, 0.1) is 0 Å². The largest absolute Gasteiger partial charge is 0.868 e. The molecule has 0 fully saturated rings. The molecule has 0 unspecified atom stereocenters. The van der Waals surface area contributed by atoms with Crippen LogP contribution in [0.1, 0.15) is 0 Å². The second-order valence-corrected chi connectivity index (χ2v) is 6.69. The molecule has 0 aliphatic carbocycles. The Balaban J connectivity index is 2.00. The van der Waals surface area contributed by atoms with Crippen molar-refractivity contribution in [1.29, 1.82) is 0 Å². The van der Waals surface area contributed by atoms with Gasteiger partial charge in [-0.25, -0.2) is 0 Å². The Morgan fingerprint density at radius 2 is 1.39 bits per heavy atom. The molecule has 2 aromatic heterocycles. The molecule has 134 valence electrons. The van der Waals surface area contributed by atoms with Crippen molar-refractivity contribution in [2.24, 2.45) is 0 Å². The van der Waals surface area contributed by atoms with Crippen LogP contribution in [-0.4, -0.2) is 4.98 Å². The third-order valence-electron chi connectivity index (χ3n) is 4.95. The Kier molecular flexibility index (Phi) is 3.69. The first-order chi connectivity index (χ1) is 13.7. The number of nitrogens with zero attached hydrogens (tertiary/aromatic N) is 1. The van der Waals surface area contributed by atoms with E-state index in [9.17, 15) is 9.90 Å². The molecular weight excluding hydrogens is 348 g/mol. The van der Waals surface area contributed by atoms with Crippen molar-refractivity contribution in [2.75, 3.05) is 0 Å². The second-order valence-electron chi connectivity index (χ2n) is 6.69. The molecule has 0 bridgehead atoms. The van der Waals surface area contributed by atoms with Crippen LogP contribution < -0.4 is 15.1 Å². The summed E-state index contributed by atoms with van der Waals surface area (Å²) in [4.78, 5) is 15.7. The Morgan fingerprint density at radius 3 is 2.11 bits per heavy atom. The summed E-state index contributed by atoms with van der Waals surface area (Å²) in [6.45, 7) is 0. The second kappa shape index (κ2) is 6.35. The molecule has 0 saturated heterocycles. The molecule has 0 radical (unpaired) electrons. The standard InChI is InChI=1S/C24H16N2O2/c27-22-13-7-12-19-23(22)26-20(17-10-5-2-6-11-17)14-18(15-21(26)24(28)25-19)16-8-3-1-4-9-16/h1-15H,(H-,25,27,28). The first-order valence-corrected chi connectivity index (χ1v) is 9.05. The predicted octanol–water partition coefficient (Wildman–Crippen LogP) is 3.67. The van der Waals surface area contributed by atoms with E-state index in [1.807, 2.05) is 72.8 Å². The molecule has 0 atom stereocenters. The highest BCUT2D eigenvalue weighted by molar-refractivity contribution is 5.81. The zero-order chi connectivity index (χ0) is 19.1. The van der Waals surface area contributed by atoms with E-state index in [0.29, 0.717) is 16.6 Å². The van der Waals surface area contributed by atoms with E-state index < -0.39 is 0 Å². The van der Waals surface area contributed by atoms with Crippen LogP contribution in [0.2, 0.25) is 0 Å². The summed E-state index contributed by atoms with van der Waals surface area (Å²) >= 11 is 0. The Bertz CT molecular complexity index is 1370. The summed E-state index contributed by atoms with van der Waals surface area (Å²) in [5.74, 6) is -0.131. The summed E-state index contributed by atoms with van der Waals surface area (Å²) in [5.41, 5.74) is 4.88. The lowest BCUT2D eigenvalue weighted by Gasteiger charge is -2.11. The van der Waals surface area contributed by atoms with Gasteiger partial charge < -0.3 is 10.1 Å². The number of fused-ring (bicyclic) bond motifs is 3. The van der Waals surface area contributed by atoms with Crippen molar-refractivity contribution in [3.8, 4) is 28.1 Å². The van der Waals surface area contributed by atoms with Gasteiger partial charge in [-0.1, -0.05) is 60.7 Å². The summed E-state index contributed by atoms with van der Waals surface area (Å²) in [7, 11) is 0. The minimum absolute atomic E-state index is 0.131. The Hall–Kier alpha value is -3.92. The normalized spacial score (nSPS) is 11.1. The molecule has 0 aliphatic rings. The zero-order valence-electron chi connectivity index (χ0n) is 14.9. The number of pyridine rings is 1. The first-order valence-electron chi connectivity index (χ1n) is 9.05. The maximum Gasteiger partial charge on any atom is 0.321 e. The third-order valence-corrected chi connectivity index (χ3v) is 4.95. The number of rotatable bonds is 2. The van der Waals surface area contributed by atoms with Crippen LogP contribution >= 0.6 is 0 Å². The van der Waals surface area contributed by atoms with Crippen molar-refractivity contribution in [3.05, 3.63) is 101 Å². The lowest BCUT2D eigenvalue weighted by Crippen LogP contribution is -2.34. The summed E-state index contributed by atoms with van der Waals surface area (Å²) in [6.07, 6.45) is 0. The van der Waals surface area contributed by atoms with Crippen molar-refractivity contribution in [1.82, 2.24) is 4.98 Å². The highest BCUT2D eigenvalue weighted by Gasteiger charge is 2.22. The van der Waals surface area contributed by atoms with Crippen LogP contribution in [-0.2, 0) is 0 Å². The van der Waals surface area contributed by atoms with Gasteiger partial charge >= 0.3 is 5.56 Å². The number of H-pyrrole nitrogens is 1. The number of hydrogen-bond acceptors (Lipinski definition) is 2. The van der Waals surface area contributed by atoms with Gasteiger partial charge in [-0.3, -0.25) is 4.79 Å². The topological polar surface area (TPSA) is 60.0 Å². The van der Waals surface area contributed by atoms with Crippen molar-refractivity contribution < 1.29 is 9.51 Å². The number of benzene rings is 3. The van der Waals surface area contributed by atoms with Crippen molar-refractivity contribution in [2.45, 2.75) is 0 Å². The van der Waals surface area contributed by atoms with E-state index in [-0.39, 0.29) is 11.3 Å². The molecule has 3 aromatic carbocycles. The number of nitrogens with one attached hydrogen (secondary N) is 1. The van der Waals surface area contributed by atoms with Crippen LogP contribution in [0.5, 0.6) is 5.75 Å². The maximum atomic E-state index is 12.9. The van der Waals surface area contributed by atoms with Gasteiger partial charge in [-0.2, -0.15) is 0 Å². The molecule has 4 heteroatoms. The maximum absolute atomic E-state index is 12.9. The van der Waals surface area contributed by atoms with Crippen molar-refractivity contribution >= 4 is 16.6 Å². The minimum atomic E-state index is -0.229. The summed E-state index contributed by atoms with van der Waals surface area (Å²) < 4.78 is 1.78. The minimum Gasteiger partial charge on any atom is -0.868 e. The summed E-state index contributed by atoms with van der Waals surface area (Å²) in [5, 5.41) is 12.7.